The Morgan fingerprint density at radius 2 is 1.88 bits per heavy atom. The number of carbonyl (C=O) groups excluding carboxylic acids is 1. The van der Waals surface area contributed by atoms with Crippen molar-refractivity contribution in [3.05, 3.63) is 65.2 Å². The van der Waals surface area contributed by atoms with E-state index < -0.39 is 17.8 Å². The molecule has 10 heteroatoms. The molecule has 6 nitrogen and oxygen atoms in total. The first-order valence-corrected chi connectivity index (χ1v) is 10.8. The van der Waals surface area contributed by atoms with Crippen LogP contribution in [0.4, 0.5) is 13.2 Å². The third-order valence-electron chi connectivity index (χ3n) is 4.35. The number of aliphatic imine (C=N–C) groups is 1. The van der Waals surface area contributed by atoms with Crippen LogP contribution in [-0.2, 0) is 6.18 Å². The molecule has 0 aliphatic carbocycles. The summed E-state index contributed by atoms with van der Waals surface area (Å²) in [6.45, 7) is 7.70. The molecule has 176 valence electrons. The molecule has 0 aliphatic rings. The summed E-state index contributed by atoms with van der Waals surface area (Å²) in [5.41, 5.74) is 1.07. The highest BCUT2D eigenvalue weighted by atomic mass is 35.5. The first-order chi connectivity index (χ1) is 15.7. The molecule has 0 saturated carbocycles. The second-order valence-electron chi connectivity index (χ2n) is 6.52. The van der Waals surface area contributed by atoms with E-state index in [1.807, 2.05) is 45.0 Å². The van der Waals surface area contributed by atoms with Crippen LogP contribution < -0.4 is 5.32 Å². The average molecular weight is 480 g/mol. The average Bonchev–Trinajstić information content (AvgIpc) is 3.21. The number of imidazole rings is 1. The molecule has 3 rings (SSSR count). The van der Waals surface area contributed by atoms with E-state index >= 15 is 0 Å². The van der Waals surface area contributed by atoms with Crippen molar-refractivity contribution in [1.82, 2.24) is 20.3 Å². The van der Waals surface area contributed by atoms with Crippen molar-refractivity contribution in [2.24, 2.45) is 4.99 Å². The molecule has 0 fully saturated rings. The van der Waals surface area contributed by atoms with Crippen LogP contribution in [0.5, 0.6) is 0 Å². The largest absolute Gasteiger partial charge is 0.433 e. The number of aryl methyl sites for hydroxylation is 1. The molecular formula is C23H25ClF3N5O. The maximum atomic E-state index is 12.8. The van der Waals surface area contributed by atoms with Crippen LogP contribution in [0, 0.1) is 6.92 Å². The minimum Gasteiger partial charge on any atom is -0.348 e. The van der Waals surface area contributed by atoms with E-state index in [0.29, 0.717) is 17.9 Å². The molecule has 3 aromatic rings. The Kier molecular flexibility index (Phi) is 9.16. The Bertz CT molecular complexity index is 1140. The lowest BCUT2D eigenvalue weighted by Gasteiger charge is -2.10. The van der Waals surface area contributed by atoms with Crippen LogP contribution in [-0.4, -0.2) is 39.1 Å². The number of benzene rings is 1. The van der Waals surface area contributed by atoms with Gasteiger partial charge in [-0.25, -0.2) is 9.97 Å². The van der Waals surface area contributed by atoms with Gasteiger partial charge in [0.2, 0.25) is 0 Å². The van der Waals surface area contributed by atoms with Crippen molar-refractivity contribution in [2.45, 2.75) is 33.9 Å². The Balaban J connectivity index is 0.00000187. The predicted molar refractivity (Wildman–Crippen MR) is 126 cm³/mol. The lowest BCUT2D eigenvalue weighted by atomic mass is 10.1. The summed E-state index contributed by atoms with van der Waals surface area (Å²) in [6.07, 6.45) is -2.93. The SMILES string of the molecule is CC.CCN=C(Cl)/C(=C\CNC(=O)c1ccc(C(F)(F)F)nc1C)c1nc2ccccc2[nH]1. The van der Waals surface area contributed by atoms with E-state index in [0.717, 1.165) is 23.2 Å². The number of H-pyrrole nitrogens is 1. The summed E-state index contributed by atoms with van der Waals surface area (Å²) in [5, 5.41) is 2.86. The van der Waals surface area contributed by atoms with Gasteiger partial charge in [-0.15, -0.1) is 0 Å². The summed E-state index contributed by atoms with van der Waals surface area (Å²) in [6, 6.07) is 9.34. The summed E-state index contributed by atoms with van der Waals surface area (Å²) in [7, 11) is 0. The minimum atomic E-state index is -4.57. The van der Waals surface area contributed by atoms with Crippen molar-refractivity contribution in [2.75, 3.05) is 13.1 Å². The smallest absolute Gasteiger partial charge is 0.348 e. The van der Waals surface area contributed by atoms with Crippen LogP contribution >= 0.6 is 11.6 Å². The van der Waals surface area contributed by atoms with Crippen molar-refractivity contribution in [3.8, 4) is 0 Å². The molecule has 2 N–H and O–H groups in total. The van der Waals surface area contributed by atoms with E-state index in [1.54, 1.807) is 6.08 Å². The maximum absolute atomic E-state index is 12.8. The number of aromatic amines is 1. The number of amides is 1. The number of para-hydroxylation sites is 2. The van der Waals surface area contributed by atoms with Crippen LogP contribution in [0.1, 0.15) is 48.3 Å². The lowest BCUT2D eigenvalue weighted by Crippen LogP contribution is -2.25. The number of carbonyl (C=O) groups is 1. The molecule has 2 aromatic heterocycles. The number of nitrogens with one attached hydrogen (secondary N) is 2. The fourth-order valence-corrected chi connectivity index (χ4v) is 3.17. The van der Waals surface area contributed by atoms with Gasteiger partial charge in [0.1, 0.15) is 16.7 Å². The number of alkyl halides is 3. The number of fused-ring (bicyclic) bond motifs is 1. The first-order valence-electron chi connectivity index (χ1n) is 10.4. The number of allylic oxidation sites excluding steroid dienone is 1. The zero-order chi connectivity index (χ0) is 24.6. The van der Waals surface area contributed by atoms with Gasteiger partial charge in [-0.05, 0) is 38.1 Å². The van der Waals surface area contributed by atoms with Gasteiger partial charge in [0.05, 0.1) is 27.9 Å². The minimum absolute atomic E-state index is 0.0145. The Morgan fingerprint density at radius 1 is 1.18 bits per heavy atom. The molecule has 33 heavy (non-hydrogen) atoms. The normalized spacial score (nSPS) is 12.4. The van der Waals surface area contributed by atoms with Crippen molar-refractivity contribution < 1.29 is 18.0 Å². The number of pyridine rings is 1. The van der Waals surface area contributed by atoms with Crippen LogP contribution in [0.15, 0.2) is 47.5 Å². The second kappa shape index (κ2) is 11.6. The van der Waals surface area contributed by atoms with E-state index in [1.165, 1.54) is 6.92 Å². The van der Waals surface area contributed by atoms with Gasteiger partial charge < -0.3 is 10.3 Å². The summed E-state index contributed by atoms with van der Waals surface area (Å²) in [4.78, 5) is 27.8. The number of nitrogens with zero attached hydrogens (tertiary/aromatic N) is 3. The molecule has 0 atom stereocenters. The van der Waals surface area contributed by atoms with E-state index in [-0.39, 0.29) is 23.0 Å². The quantitative estimate of drug-likeness (QED) is 0.439. The third kappa shape index (κ3) is 6.64. The Hall–Kier alpha value is -3.20. The lowest BCUT2D eigenvalue weighted by molar-refractivity contribution is -0.141. The van der Waals surface area contributed by atoms with Crippen LogP contribution in [0.2, 0.25) is 0 Å². The van der Waals surface area contributed by atoms with E-state index in [2.05, 4.69) is 25.3 Å². The fraction of sp³-hybridized carbons (Fsp3) is 0.304. The molecule has 0 saturated heterocycles. The van der Waals surface area contributed by atoms with Gasteiger partial charge in [0, 0.05) is 13.1 Å². The van der Waals surface area contributed by atoms with E-state index in [4.69, 9.17) is 11.6 Å². The molecule has 2 heterocycles. The zero-order valence-electron chi connectivity index (χ0n) is 18.7. The molecule has 0 aliphatic heterocycles. The van der Waals surface area contributed by atoms with Gasteiger partial charge in [-0.2, -0.15) is 13.2 Å². The second-order valence-corrected chi connectivity index (χ2v) is 6.88. The highest BCUT2D eigenvalue weighted by Gasteiger charge is 2.33. The monoisotopic (exact) mass is 479 g/mol. The number of hydrogen-bond acceptors (Lipinski definition) is 4. The van der Waals surface area contributed by atoms with Gasteiger partial charge in [-0.1, -0.05) is 43.7 Å². The highest BCUT2D eigenvalue weighted by molar-refractivity contribution is 6.76. The Morgan fingerprint density at radius 3 is 2.48 bits per heavy atom. The van der Waals surface area contributed by atoms with Crippen molar-refractivity contribution in [1.29, 1.82) is 0 Å². The first kappa shape index (κ1) is 26.1. The number of halogens is 4. The molecule has 0 radical (unpaired) electrons. The molecular weight excluding hydrogens is 455 g/mol. The van der Waals surface area contributed by atoms with Gasteiger partial charge in [-0.3, -0.25) is 9.79 Å². The number of aromatic nitrogens is 3. The van der Waals surface area contributed by atoms with Crippen LogP contribution in [0.25, 0.3) is 16.6 Å². The van der Waals surface area contributed by atoms with Crippen molar-refractivity contribution in [3.63, 3.8) is 0 Å². The molecule has 1 aromatic carbocycles. The maximum Gasteiger partial charge on any atom is 0.433 e. The summed E-state index contributed by atoms with van der Waals surface area (Å²) >= 11 is 6.32. The Labute approximate surface area is 195 Å². The van der Waals surface area contributed by atoms with Gasteiger partial charge in [0.15, 0.2) is 0 Å². The molecule has 1 amide bonds. The molecule has 0 spiro atoms. The van der Waals surface area contributed by atoms with E-state index in [9.17, 15) is 18.0 Å². The fourth-order valence-electron chi connectivity index (χ4n) is 2.88. The topological polar surface area (TPSA) is 83.0 Å². The predicted octanol–water partition coefficient (Wildman–Crippen LogP) is 5.78. The zero-order valence-corrected chi connectivity index (χ0v) is 19.5. The van der Waals surface area contributed by atoms with Gasteiger partial charge in [0.25, 0.3) is 5.91 Å². The standard InChI is InChI=1S/C21H19ClF3N5O.C2H6/c1-3-26-18(22)14(19-29-15-6-4-5-7-16(15)30-19)10-11-27-20(31)13-8-9-17(21(23,24)25)28-12(13)2;1-2/h4-10H,3,11H2,1-2H3,(H,27,31)(H,29,30);1-2H3/b14-10+,26-18?;. The molecule has 0 bridgehead atoms. The molecule has 0 unspecified atom stereocenters. The van der Waals surface area contributed by atoms with Crippen molar-refractivity contribution >= 4 is 39.3 Å². The summed E-state index contributed by atoms with van der Waals surface area (Å²) in [5.74, 6) is -0.0625. The summed E-state index contributed by atoms with van der Waals surface area (Å²) < 4.78 is 38.3. The van der Waals surface area contributed by atoms with Crippen LogP contribution in [0.3, 0.4) is 0 Å². The third-order valence-corrected chi connectivity index (χ3v) is 4.68. The number of hydrogen-bond donors (Lipinski definition) is 2. The van der Waals surface area contributed by atoms with Gasteiger partial charge >= 0.3 is 6.18 Å². The number of rotatable bonds is 6. The highest BCUT2D eigenvalue weighted by Crippen LogP contribution is 2.28.